The molecule has 0 aliphatic heterocycles. The maximum absolute atomic E-state index is 9.93. The van der Waals surface area contributed by atoms with E-state index in [4.69, 9.17) is 0 Å². The first kappa shape index (κ1) is 9.26. The van der Waals surface area contributed by atoms with Crippen LogP contribution in [0.3, 0.4) is 0 Å². The summed E-state index contributed by atoms with van der Waals surface area (Å²) in [6.07, 6.45) is 8.18. The maximum Gasteiger partial charge on any atom is 0.0576 e. The van der Waals surface area contributed by atoms with Gasteiger partial charge in [-0.05, 0) is 50.4 Å². The third kappa shape index (κ3) is 1.25. The van der Waals surface area contributed by atoms with Gasteiger partial charge >= 0.3 is 0 Å². The van der Waals surface area contributed by atoms with E-state index in [9.17, 15) is 5.11 Å². The first-order chi connectivity index (χ1) is 6.18. The lowest BCUT2D eigenvalue weighted by atomic mass is 9.66. The van der Waals surface area contributed by atoms with E-state index in [0.717, 1.165) is 6.42 Å². The lowest BCUT2D eigenvalue weighted by Gasteiger charge is -2.40. The zero-order chi connectivity index (χ0) is 9.47. The van der Waals surface area contributed by atoms with Crippen molar-refractivity contribution in [1.82, 2.24) is 0 Å². The monoisotopic (exact) mass is 180 g/mol. The predicted octanol–water partition coefficient (Wildman–Crippen LogP) is 2.89. The van der Waals surface area contributed by atoms with Crippen LogP contribution in [0.25, 0.3) is 0 Å². The van der Waals surface area contributed by atoms with Crippen molar-refractivity contribution in [2.24, 2.45) is 11.3 Å². The molecule has 1 heteroatoms. The average molecular weight is 180 g/mol. The van der Waals surface area contributed by atoms with E-state index >= 15 is 0 Å². The van der Waals surface area contributed by atoms with Crippen molar-refractivity contribution in [3.63, 3.8) is 0 Å². The second kappa shape index (κ2) is 3.13. The third-order valence-corrected chi connectivity index (χ3v) is 4.29. The van der Waals surface area contributed by atoms with Crippen molar-refractivity contribution in [3.05, 3.63) is 11.6 Å². The Hall–Kier alpha value is -0.300. The van der Waals surface area contributed by atoms with Crippen LogP contribution in [0.1, 0.15) is 46.0 Å². The second-order valence-electron chi connectivity index (χ2n) is 4.84. The molecule has 0 spiro atoms. The molecule has 0 aromatic carbocycles. The Bertz CT molecular complexity index is 231. The zero-order valence-electron chi connectivity index (χ0n) is 8.71. The molecule has 0 aromatic heterocycles. The normalized spacial score (nSPS) is 48.1. The lowest BCUT2D eigenvalue weighted by Crippen LogP contribution is -2.37. The van der Waals surface area contributed by atoms with Crippen LogP contribution in [-0.2, 0) is 0 Å². The van der Waals surface area contributed by atoms with E-state index in [1.165, 1.54) is 25.7 Å². The van der Waals surface area contributed by atoms with Gasteiger partial charge in [-0.15, -0.1) is 0 Å². The van der Waals surface area contributed by atoms with Gasteiger partial charge in [0, 0.05) is 0 Å². The van der Waals surface area contributed by atoms with E-state index in [2.05, 4.69) is 19.9 Å². The molecule has 2 fully saturated rings. The molecule has 1 N–H and O–H groups in total. The zero-order valence-corrected chi connectivity index (χ0v) is 8.71. The Balaban J connectivity index is 2.28. The summed E-state index contributed by atoms with van der Waals surface area (Å²) in [6.45, 7) is 4.49. The van der Waals surface area contributed by atoms with Crippen LogP contribution in [0.4, 0.5) is 0 Å². The number of aliphatic hydroxyl groups excluding tert-OH is 1. The van der Waals surface area contributed by atoms with Gasteiger partial charge in [0.2, 0.25) is 0 Å². The summed E-state index contributed by atoms with van der Waals surface area (Å²) in [5.41, 5.74) is 1.93. The smallest absolute Gasteiger partial charge is 0.0576 e. The number of hydrogen-bond acceptors (Lipinski definition) is 1. The van der Waals surface area contributed by atoms with Gasteiger partial charge in [0.1, 0.15) is 0 Å². The molecule has 1 nitrogen and oxygen atoms in total. The number of allylic oxidation sites excluding steroid dienone is 2. The largest absolute Gasteiger partial charge is 0.393 e. The highest BCUT2D eigenvalue weighted by atomic mass is 16.3. The Morgan fingerprint density at radius 3 is 2.92 bits per heavy atom. The summed E-state index contributed by atoms with van der Waals surface area (Å²) in [5.74, 6) is 0.549. The van der Waals surface area contributed by atoms with Crippen molar-refractivity contribution in [2.45, 2.75) is 52.1 Å². The highest BCUT2D eigenvalue weighted by Crippen LogP contribution is 2.54. The van der Waals surface area contributed by atoms with Gasteiger partial charge in [0.25, 0.3) is 0 Å². The van der Waals surface area contributed by atoms with Crippen LogP contribution in [0.2, 0.25) is 0 Å². The van der Waals surface area contributed by atoms with Gasteiger partial charge in [-0.1, -0.05) is 18.6 Å². The number of hydrogen-bond donors (Lipinski definition) is 1. The van der Waals surface area contributed by atoms with Crippen molar-refractivity contribution >= 4 is 0 Å². The van der Waals surface area contributed by atoms with E-state index in [1.54, 1.807) is 5.57 Å². The molecule has 2 rings (SSSR count). The molecular weight excluding hydrogens is 160 g/mol. The first-order valence-electron chi connectivity index (χ1n) is 5.52. The van der Waals surface area contributed by atoms with Gasteiger partial charge in [-0.2, -0.15) is 0 Å². The Morgan fingerprint density at radius 2 is 2.23 bits per heavy atom. The predicted molar refractivity (Wildman–Crippen MR) is 54.4 cm³/mol. The van der Waals surface area contributed by atoms with Crippen molar-refractivity contribution in [3.8, 4) is 0 Å². The molecule has 2 aliphatic rings. The van der Waals surface area contributed by atoms with Crippen molar-refractivity contribution in [1.29, 1.82) is 0 Å². The van der Waals surface area contributed by atoms with Gasteiger partial charge < -0.3 is 5.11 Å². The van der Waals surface area contributed by atoms with E-state index in [-0.39, 0.29) is 6.10 Å². The highest BCUT2D eigenvalue weighted by molar-refractivity contribution is 5.21. The first-order valence-corrected chi connectivity index (χ1v) is 5.52. The fourth-order valence-corrected chi connectivity index (χ4v) is 3.47. The van der Waals surface area contributed by atoms with Crippen molar-refractivity contribution in [2.75, 3.05) is 0 Å². The van der Waals surface area contributed by atoms with Gasteiger partial charge in [-0.25, -0.2) is 0 Å². The average Bonchev–Trinajstić information content (AvgIpc) is 2.43. The Labute approximate surface area is 80.8 Å². The van der Waals surface area contributed by atoms with E-state index < -0.39 is 0 Å². The fraction of sp³-hybridized carbons (Fsp3) is 0.833. The van der Waals surface area contributed by atoms with Crippen LogP contribution < -0.4 is 0 Å². The second-order valence-corrected chi connectivity index (χ2v) is 4.84. The molecule has 1 unspecified atom stereocenters. The molecule has 3 atom stereocenters. The minimum Gasteiger partial charge on any atom is -0.393 e. The Morgan fingerprint density at radius 1 is 1.46 bits per heavy atom. The molecule has 0 heterocycles. The molecule has 0 amide bonds. The van der Waals surface area contributed by atoms with Gasteiger partial charge in [0.15, 0.2) is 0 Å². The van der Waals surface area contributed by atoms with Crippen LogP contribution in [0.15, 0.2) is 11.6 Å². The number of aliphatic hydroxyl groups is 1. The van der Waals surface area contributed by atoms with Gasteiger partial charge in [-0.3, -0.25) is 0 Å². The molecule has 2 saturated carbocycles. The summed E-state index contributed by atoms with van der Waals surface area (Å²) in [5, 5.41) is 9.93. The molecule has 2 aliphatic carbocycles. The minimum atomic E-state index is -0.0313. The van der Waals surface area contributed by atoms with E-state index in [0.29, 0.717) is 11.3 Å². The molecule has 13 heavy (non-hydrogen) atoms. The fourth-order valence-electron chi connectivity index (χ4n) is 3.47. The topological polar surface area (TPSA) is 20.2 Å². The van der Waals surface area contributed by atoms with Crippen LogP contribution in [0.5, 0.6) is 0 Å². The molecule has 0 radical (unpaired) electrons. The molecule has 0 bridgehead atoms. The minimum absolute atomic E-state index is 0.0313. The summed E-state index contributed by atoms with van der Waals surface area (Å²) < 4.78 is 0. The third-order valence-electron chi connectivity index (χ3n) is 4.29. The lowest BCUT2D eigenvalue weighted by molar-refractivity contribution is 0.0148. The maximum atomic E-state index is 9.93. The van der Waals surface area contributed by atoms with E-state index in [1.807, 2.05) is 0 Å². The van der Waals surface area contributed by atoms with Crippen LogP contribution >= 0.6 is 0 Å². The summed E-state index contributed by atoms with van der Waals surface area (Å²) in [6, 6.07) is 0. The Kier molecular flexibility index (Phi) is 2.23. The molecule has 0 aromatic rings. The summed E-state index contributed by atoms with van der Waals surface area (Å²) >= 11 is 0. The summed E-state index contributed by atoms with van der Waals surface area (Å²) in [7, 11) is 0. The summed E-state index contributed by atoms with van der Waals surface area (Å²) in [4.78, 5) is 0. The number of fused-ring (bicyclic) bond motifs is 1. The molecular formula is C12H20O. The van der Waals surface area contributed by atoms with Crippen LogP contribution in [0, 0.1) is 11.3 Å². The number of rotatable bonds is 0. The quantitative estimate of drug-likeness (QED) is 0.568. The van der Waals surface area contributed by atoms with Crippen molar-refractivity contribution < 1.29 is 5.11 Å². The SMILES string of the molecule is C/C=C1/CC[C@H]2C(O)CCC[C@]12C. The molecule has 0 saturated heterocycles. The molecule has 74 valence electrons. The van der Waals surface area contributed by atoms with Crippen LogP contribution in [-0.4, -0.2) is 11.2 Å². The highest BCUT2D eigenvalue weighted by Gasteiger charge is 2.47. The van der Waals surface area contributed by atoms with Gasteiger partial charge in [0.05, 0.1) is 6.10 Å². The standard InChI is InChI=1S/C12H20O/c1-3-9-6-7-10-11(13)5-4-8-12(9,10)2/h3,10-11,13H,4-8H2,1-2H3/b9-3-/t10-,11?,12+/m0/s1.